The lowest BCUT2D eigenvalue weighted by molar-refractivity contribution is -0.130. The minimum absolute atomic E-state index is 0.194. The fraction of sp³-hybridized carbons (Fsp3) is 0.545. The molecule has 0 aliphatic carbocycles. The van der Waals surface area contributed by atoms with Gasteiger partial charge in [-0.3, -0.25) is 9.69 Å². The summed E-state index contributed by atoms with van der Waals surface area (Å²) >= 11 is 0. The molecule has 1 saturated heterocycles. The second kappa shape index (κ2) is 9.15. The number of benzene rings is 1. The van der Waals surface area contributed by atoms with Crippen LogP contribution >= 0.6 is 0 Å². The molecule has 0 bridgehead atoms. The van der Waals surface area contributed by atoms with E-state index in [0.717, 1.165) is 30.6 Å². The number of H-pyrrole nitrogens is 1. The van der Waals surface area contributed by atoms with Crippen LogP contribution in [0.2, 0.25) is 0 Å². The lowest BCUT2D eigenvalue weighted by Crippen LogP contribution is -2.47. The van der Waals surface area contributed by atoms with E-state index >= 15 is 0 Å². The van der Waals surface area contributed by atoms with Crippen molar-refractivity contribution in [2.45, 2.75) is 37.8 Å². The van der Waals surface area contributed by atoms with Gasteiger partial charge in [0, 0.05) is 43.7 Å². The number of hydrogen-bond donors (Lipinski definition) is 1. The Morgan fingerprint density at radius 1 is 1.32 bits per heavy atom. The van der Waals surface area contributed by atoms with Crippen molar-refractivity contribution in [3.8, 4) is 0 Å². The van der Waals surface area contributed by atoms with Crippen molar-refractivity contribution in [2.75, 3.05) is 40.9 Å². The van der Waals surface area contributed by atoms with E-state index in [-0.39, 0.29) is 11.4 Å². The van der Waals surface area contributed by atoms with Crippen LogP contribution in [0.15, 0.2) is 30.5 Å². The number of tetrazole rings is 1. The molecular weight excluding hydrogens is 394 g/mol. The maximum Gasteiger partial charge on any atom is 0.222 e. The zero-order valence-electron chi connectivity index (χ0n) is 18.5. The van der Waals surface area contributed by atoms with Crippen molar-refractivity contribution < 1.29 is 9.53 Å². The van der Waals surface area contributed by atoms with E-state index in [1.54, 1.807) is 11.8 Å². The van der Waals surface area contributed by atoms with E-state index in [4.69, 9.17) is 4.74 Å². The summed E-state index contributed by atoms with van der Waals surface area (Å²) in [4.78, 5) is 20.4. The number of aromatic nitrogens is 5. The van der Waals surface area contributed by atoms with Crippen molar-refractivity contribution >= 4 is 16.8 Å². The Balaban J connectivity index is 1.39. The Morgan fingerprint density at radius 3 is 2.97 bits per heavy atom. The lowest BCUT2D eigenvalue weighted by Gasteiger charge is -2.34. The number of nitrogens with zero attached hydrogens (tertiary/aromatic N) is 6. The van der Waals surface area contributed by atoms with Gasteiger partial charge in [0.25, 0.3) is 0 Å². The first-order valence-corrected chi connectivity index (χ1v) is 10.8. The molecule has 1 N–H and O–H groups in total. The average molecular weight is 426 g/mol. The highest BCUT2D eigenvalue weighted by Crippen LogP contribution is 2.35. The number of ether oxygens (including phenoxy) is 1. The fourth-order valence-electron chi connectivity index (χ4n) is 4.55. The third-order valence-corrected chi connectivity index (χ3v) is 6.42. The highest BCUT2D eigenvalue weighted by Gasteiger charge is 2.46. The van der Waals surface area contributed by atoms with Gasteiger partial charge in [-0.25, -0.2) is 4.68 Å². The first-order valence-electron chi connectivity index (χ1n) is 10.8. The molecule has 1 amide bonds. The standard InChI is InChI=1S/C22H31N7O2/c1-27(2)22(21-24-25-26-29(21)13-14-31-3)11-12-28(16-22)20(30)10-6-7-17-15-23-19-9-5-4-8-18(17)19/h4-5,8-9,15,23H,6-7,10-14,16H2,1-3H3. The second-order valence-corrected chi connectivity index (χ2v) is 8.42. The third kappa shape index (κ3) is 4.20. The summed E-state index contributed by atoms with van der Waals surface area (Å²) in [5.74, 6) is 0.989. The number of likely N-dealkylation sites (tertiary alicyclic amines) is 1. The maximum atomic E-state index is 13.0. The molecule has 0 radical (unpaired) electrons. The van der Waals surface area contributed by atoms with Gasteiger partial charge in [-0.15, -0.1) is 5.10 Å². The van der Waals surface area contributed by atoms with E-state index in [2.05, 4.69) is 49.8 Å². The molecule has 2 aromatic heterocycles. The Labute approximate surface area is 182 Å². The molecule has 31 heavy (non-hydrogen) atoms. The maximum absolute atomic E-state index is 13.0. The number of carbonyl (C=O) groups is 1. The molecule has 9 heteroatoms. The molecule has 1 atom stereocenters. The number of hydrogen-bond acceptors (Lipinski definition) is 6. The van der Waals surface area contributed by atoms with Gasteiger partial charge in [0.1, 0.15) is 5.54 Å². The van der Waals surface area contributed by atoms with Crippen molar-refractivity contribution in [3.63, 3.8) is 0 Å². The monoisotopic (exact) mass is 425 g/mol. The number of aromatic amines is 1. The number of fused-ring (bicyclic) bond motifs is 1. The SMILES string of the molecule is COCCn1nnnc1C1(N(C)C)CCN(C(=O)CCCc2c[nH]c3ccccc23)C1. The van der Waals surface area contributed by atoms with E-state index in [1.807, 2.05) is 25.1 Å². The minimum Gasteiger partial charge on any atom is -0.383 e. The van der Waals surface area contributed by atoms with Gasteiger partial charge >= 0.3 is 0 Å². The number of methoxy groups -OCH3 is 1. The quantitative estimate of drug-likeness (QED) is 0.562. The van der Waals surface area contributed by atoms with Crippen LogP contribution in [0, 0.1) is 0 Å². The largest absolute Gasteiger partial charge is 0.383 e. The molecule has 3 aromatic rings. The summed E-state index contributed by atoms with van der Waals surface area (Å²) in [5.41, 5.74) is 2.03. The van der Waals surface area contributed by atoms with E-state index in [9.17, 15) is 4.79 Å². The zero-order valence-corrected chi connectivity index (χ0v) is 18.5. The molecule has 1 unspecified atom stereocenters. The molecule has 0 saturated carbocycles. The summed E-state index contributed by atoms with van der Waals surface area (Å²) in [6.45, 7) is 2.44. The van der Waals surface area contributed by atoms with Crippen LogP contribution in [-0.2, 0) is 28.0 Å². The zero-order chi connectivity index (χ0) is 21.8. The first kappa shape index (κ1) is 21.5. The molecule has 166 valence electrons. The molecular formula is C22H31N7O2. The average Bonchev–Trinajstić information content (AvgIpc) is 3.50. The second-order valence-electron chi connectivity index (χ2n) is 8.42. The van der Waals surface area contributed by atoms with Gasteiger partial charge in [-0.2, -0.15) is 0 Å². The topological polar surface area (TPSA) is 92.2 Å². The number of likely N-dealkylation sites (N-methyl/N-ethyl adjacent to an activating group) is 1. The van der Waals surface area contributed by atoms with Gasteiger partial charge in [0.15, 0.2) is 5.82 Å². The highest BCUT2D eigenvalue weighted by molar-refractivity contribution is 5.83. The fourth-order valence-corrected chi connectivity index (χ4v) is 4.55. The number of para-hydroxylation sites is 1. The van der Waals surface area contributed by atoms with Crippen LogP contribution in [0.3, 0.4) is 0 Å². The van der Waals surface area contributed by atoms with Crippen LogP contribution in [0.5, 0.6) is 0 Å². The number of nitrogens with one attached hydrogen (secondary N) is 1. The lowest BCUT2D eigenvalue weighted by atomic mass is 9.96. The molecule has 9 nitrogen and oxygen atoms in total. The van der Waals surface area contributed by atoms with Crippen molar-refractivity contribution in [2.24, 2.45) is 0 Å². The molecule has 1 fully saturated rings. The number of carbonyl (C=O) groups excluding carboxylic acids is 1. The number of aryl methyl sites for hydroxylation is 1. The van der Waals surface area contributed by atoms with Crippen LogP contribution < -0.4 is 0 Å². The molecule has 3 heterocycles. The molecule has 1 aliphatic rings. The van der Waals surface area contributed by atoms with Crippen LogP contribution in [0.4, 0.5) is 0 Å². The van der Waals surface area contributed by atoms with Crippen molar-refractivity contribution in [3.05, 3.63) is 41.9 Å². The van der Waals surface area contributed by atoms with Gasteiger partial charge in [0.05, 0.1) is 13.2 Å². The van der Waals surface area contributed by atoms with E-state index in [0.29, 0.717) is 32.7 Å². The summed E-state index contributed by atoms with van der Waals surface area (Å²) in [6.07, 6.45) is 5.12. The normalized spacial score (nSPS) is 19.0. The summed E-state index contributed by atoms with van der Waals surface area (Å²) in [5, 5.41) is 13.6. The smallest absolute Gasteiger partial charge is 0.222 e. The number of rotatable bonds is 9. The molecule has 4 rings (SSSR count). The summed E-state index contributed by atoms with van der Waals surface area (Å²) < 4.78 is 6.99. The van der Waals surface area contributed by atoms with Crippen molar-refractivity contribution in [1.29, 1.82) is 0 Å². The van der Waals surface area contributed by atoms with Crippen LogP contribution in [-0.4, -0.2) is 81.8 Å². The summed E-state index contributed by atoms with van der Waals surface area (Å²) in [6, 6.07) is 8.29. The minimum atomic E-state index is -0.385. The predicted molar refractivity (Wildman–Crippen MR) is 117 cm³/mol. The highest BCUT2D eigenvalue weighted by atomic mass is 16.5. The third-order valence-electron chi connectivity index (χ3n) is 6.42. The van der Waals surface area contributed by atoms with Gasteiger partial charge in [-0.1, -0.05) is 18.2 Å². The summed E-state index contributed by atoms with van der Waals surface area (Å²) in [7, 11) is 5.72. The Bertz CT molecular complexity index is 1030. The molecule has 0 spiro atoms. The van der Waals surface area contributed by atoms with Gasteiger partial charge in [-0.05, 0) is 55.4 Å². The predicted octanol–water partition coefficient (Wildman–Crippen LogP) is 1.81. The molecule has 1 aromatic carbocycles. The molecule has 1 aliphatic heterocycles. The first-order chi connectivity index (χ1) is 15.0. The number of amides is 1. The van der Waals surface area contributed by atoms with Crippen molar-refractivity contribution in [1.82, 2.24) is 35.0 Å². The van der Waals surface area contributed by atoms with E-state index in [1.165, 1.54) is 10.9 Å². The Kier molecular flexibility index (Phi) is 6.33. The Morgan fingerprint density at radius 2 is 2.16 bits per heavy atom. The Hall–Kier alpha value is -2.78. The van der Waals surface area contributed by atoms with Crippen LogP contribution in [0.25, 0.3) is 10.9 Å². The van der Waals surface area contributed by atoms with Crippen LogP contribution in [0.1, 0.15) is 30.7 Å². The van der Waals surface area contributed by atoms with E-state index < -0.39 is 0 Å². The van der Waals surface area contributed by atoms with Gasteiger partial charge < -0.3 is 14.6 Å². The van der Waals surface area contributed by atoms with Gasteiger partial charge in [0.2, 0.25) is 5.91 Å².